The summed E-state index contributed by atoms with van der Waals surface area (Å²) >= 11 is 0. The van der Waals surface area contributed by atoms with Gasteiger partial charge in [0.2, 0.25) is 0 Å². The van der Waals surface area contributed by atoms with Gasteiger partial charge in [0.15, 0.2) is 5.82 Å². The van der Waals surface area contributed by atoms with Gasteiger partial charge in [-0.1, -0.05) is 0 Å². The number of aromatic nitrogens is 5. The molecule has 0 unspecified atom stereocenters. The molecular weight excluding hydrogens is 308 g/mol. The van der Waals surface area contributed by atoms with Crippen molar-refractivity contribution in [3.8, 4) is 17.0 Å². The number of aromatic amines is 2. The summed E-state index contributed by atoms with van der Waals surface area (Å²) in [4.78, 5) is 16.5. The molecule has 0 spiro atoms. The normalized spacial score (nSPS) is 12.0. The second kappa shape index (κ2) is 6.53. The third-order valence-electron chi connectivity index (χ3n) is 3.56. The van der Waals surface area contributed by atoms with Crippen LogP contribution in [0.1, 0.15) is 35.1 Å². The third-order valence-corrected chi connectivity index (χ3v) is 3.56. The van der Waals surface area contributed by atoms with Crippen molar-refractivity contribution in [2.45, 2.75) is 19.9 Å². The number of carbonyl (C=O) groups excluding carboxylic acids is 1. The van der Waals surface area contributed by atoms with Gasteiger partial charge in [0.05, 0.1) is 18.8 Å². The zero-order valence-electron chi connectivity index (χ0n) is 13.6. The molecule has 0 aliphatic carbocycles. The molecule has 1 aromatic carbocycles. The van der Waals surface area contributed by atoms with Gasteiger partial charge in [-0.2, -0.15) is 10.2 Å². The molecule has 124 valence electrons. The molecule has 8 nitrogen and oxygen atoms in total. The summed E-state index contributed by atoms with van der Waals surface area (Å²) in [6.45, 7) is 3.63. The third kappa shape index (κ3) is 3.27. The van der Waals surface area contributed by atoms with Crippen LogP contribution in [0.4, 0.5) is 0 Å². The average molecular weight is 326 g/mol. The van der Waals surface area contributed by atoms with E-state index < -0.39 is 0 Å². The Hall–Kier alpha value is -3.16. The van der Waals surface area contributed by atoms with Crippen LogP contribution in [0.3, 0.4) is 0 Å². The van der Waals surface area contributed by atoms with Gasteiger partial charge in [-0.25, -0.2) is 4.98 Å². The molecule has 2 heterocycles. The van der Waals surface area contributed by atoms with E-state index in [1.165, 1.54) is 0 Å². The minimum atomic E-state index is -0.310. The number of nitrogens with one attached hydrogen (secondary N) is 3. The van der Waals surface area contributed by atoms with Crippen LogP contribution in [0.2, 0.25) is 0 Å². The number of hydrogen-bond donors (Lipinski definition) is 3. The molecule has 1 atom stereocenters. The fourth-order valence-electron chi connectivity index (χ4n) is 2.24. The van der Waals surface area contributed by atoms with Gasteiger partial charge in [-0.3, -0.25) is 15.0 Å². The Morgan fingerprint density at radius 3 is 2.58 bits per heavy atom. The van der Waals surface area contributed by atoms with Crippen molar-refractivity contribution < 1.29 is 9.53 Å². The fourth-order valence-corrected chi connectivity index (χ4v) is 2.24. The number of nitrogens with zero attached hydrogens (tertiary/aromatic N) is 3. The van der Waals surface area contributed by atoms with Crippen LogP contribution in [0.15, 0.2) is 30.3 Å². The van der Waals surface area contributed by atoms with Crippen LogP contribution in [0, 0.1) is 6.92 Å². The molecule has 0 aliphatic heterocycles. The Morgan fingerprint density at radius 1 is 1.21 bits per heavy atom. The van der Waals surface area contributed by atoms with Crippen LogP contribution >= 0.6 is 0 Å². The number of benzene rings is 1. The number of aryl methyl sites for hydroxylation is 1. The van der Waals surface area contributed by atoms with Crippen LogP contribution < -0.4 is 10.1 Å². The van der Waals surface area contributed by atoms with Crippen molar-refractivity contribution in [1.29, 1.82) is 0 Å². The number of carbonyl (C=O) groups is 1. The zero-order valence-corrected chi connectivity index (χ0v) is 13.6. The zero-order chi connectivity index (χ0) is 17.1. The molecule has 2 aromatic heterocycles. The highest BCUT2D eigenvalue weighted by atomic mass is 16.5. The smallest absolute Gasteiger partial charge is 0.269 e. The number of rotatable bonds is 5. The molecule has 3 rings (SSSR count). The molecule has 3 N–H and O–H groups in total. The van der Waals surface area contributed by atoms with Gasteiger partial charge < -0.3 is 10.1 Å². The Labute approximate surface area is 138 Å². The highest BCUT2D eigenvalue weighted by molar-refractivity contribution is 5.93. The summed E-state index contributed by atoms with van der Waals surface area (Å²) in [5.74, 6) is 1.74. The van der Waals surface area contributed by atoms with Crippen LogP contribution in [-0.2, 0) is 0 Å². The average Bonchev–Trinajstić information content (AvgIpc) is 3.24. The first-order valence-corrected chi connectivity index (χ1v) is 7.46. The number of methoxy groups -OCH3 is 1. The number of H-pyrrole nitrogens is 2. The summed E-state index contributed by atoms with van der Waals surface area (Å²) in [7, 11) is 1.61. The van der Waals surface area contributed by atoms with Crippen LogP contribution in [0.5, 0.6) is 5.75 Å². The summed E-state index contributed by atoms with van der Waals surface area (Å²) in [6.07, 6.45) is 0. The quantitative estimate of drug-likeness (QED) is 0.664. The Kier molecular flexibility index (Phi) is 4.28. The lowest BCUT2D eigenvalue weighted by molar-refractivity contribution is 0.0933. The van der Waals surface area contributed by atoms with Crippen molar-refractivity contribution >= 4 is 5.91 Å². The van der Waals surface area contributed by atoms with Gasteiger partial charge in [-0.05, 0) is 44.2 Å². The number of amides is 1. The fraction of sp³-hybridized carbons (Fsp3) is 0.250. The maximum absolute atomic E-state index is 12.3. The number of ether oxygens (including phenoxy) is 1. The van der Waals surface area contributed by atoms with E-state index in [1.807, 2.05) is 31.2 Å². The summed E-state index contributed by atoms with van der Waals surface area (Å²) < 4.78 is 5.13. The minimum Gasteiger partial charge on any atom is -0.497 e. The maximum Gasteiger partial charge on any atom is 0.269 e. The lowest BCUT2D eigenvalue weighted by Crippen LogP contribution is -2.27. The Bertz CT molecular complexity index is 836. The van der Waals surface area contributed by atoms with Gasteiger partial charge in [0.25, 0.3) is 5.91 Å². The van der Waals surface area contributed by atoms with Crippen molar-refractivity contribution in [1.82, 2.24) is 30.7 Å². The van der Waals surface area contributed by atoms with E-state index in [2.05, 4.69) is 30.7 Å². The highest BCUT2D eigenvalue weighted by Gasteiger charge is 2.17. The van der Waals surface area contributed by atoms with Gasteiger partial charge in [0, 0.05) is 5.56 Å². The molecule has 0 saturated carbocycles. The molecule has 0 aliphatic rings. The van der Waals surface area contributed by atoms with Crippen molar-refractivity contribution in [2.24, 2.45) is 0 Å². The standard InChI is InChI=1S/C16H18N6O2/c1-9(15-18-10(2)19-22-15)17-16(23)14-8-13(20-21-14)11-4-6-12(24-3)7-5-11/h4-9H,1-3H3,(H,17,23)(H,20,21)(H,18,19,22)/t9-/m1/s1. The Balaban J connectivity index is 1.71. The minimum absolute atomic E-state index is 0.266. The largest absolute Gasteiger partial charge is 0.497 e. The van der Waals surface area contributed by atoms with Gasteiger partial charge >= 0.3 is 0 Å². The molecule has 0 saturated heterocycles. The van der Waals surface area contributed by atoms with Gasteiger partial charge in [-0.15, -0.1) is 0 Å². The molecule has 24 heavy (non-hydrogen) atoms. The first-order valence-electron chi connectivity index (χ1n) is 7.46. The number of hydrogen-bond acceptors (Lipinski definition) is 5. The van der Waals surface area contributed by atoms with Crippen LogP contribution in [0.25, 0.3) is 11.3 Å². The van der Waals surface area contributed by atoms with E-state index in [0.717, 1.165) is 11.3 Å². The predicted molar refractivity (Wildman–Crippen MR) is 87.6 cm³/mol. The van der Waals surface area contributed by atoms with Crippen molar-refractivity contribution in [2.75, 3.05) is 7.11 Å². The topological polar surface area (TPSA) is 109 Å². The van der Waals surface area contributed by atoms with E-state index in [-0.39, 0.29) is 11.9 Å². The van der Waals surface area contributed by atoms with Crippen molar-refractivity contribution in [3.63, 3.8) is 0 Å². The second-order valence-corrected chi connectivity index (χ2v) is 5.37. The van der Waals surface area contributed by atoms with E-state index in [0.29, 0.717) is 23.0 Å². The first-order chi connectivity index (χ1) is 11.6. The van der Waals surface area contributed by atoms with E-state index in [4.69, 9.17) is 4.74 Å². The first kappa shape index (κ1) is 15.7. The monoisotopic (exact) mass is 326 g/mol. The van der Waals surface area contributed by atoms with E-state index in [1.54, 1.807) is 20.1 Å². The molecule has 1 amide bonds. The van der Waals surface area contributed by atoms with Gasteiger partial charge in [0.1, 0.15) is 17.3 Å². The Morgan fingerprint density at radius 2 is 1.96 bits per heavy atom. The molecular formula is C16H18N6O2. The maximum atomic E-state index is 12.3. The predicted octanol–water partition coefficient (Wildman–Crippen LogP) is 2.00. The van der Waals surface area contributed by atoms with Crippen LogP contribution in [-0.4, -0.2) is 38.4 Å². The summed E-state index contributed by atoms with van der Waals surface area (Å²) in [6, 6.07) is 8.85. The molecule has 0 bridgehead atoms. The molecule has 3 aromatic rings. The van der Waals surface area contributed by atoms with E-state index >= 15 is 0 Å². The summed E-state index contributed by atoms with van der Waals surface area (Å²) in [5, 5.41) is 16.6. The van der Waals surface area contributed by atoms with E-state index in [9.17, 15) is 4.79 Å². The van der Waals surface area contributed by atoms with Crippen molar-refractivity contribution in [3.05, 3.63) is 47.7 Å². The molecule has 0 radical (unpaired) electrons. The summed E-state index contributed by atoms with van der Waals surface area (Å²) in [5.41, 5.74) is 1.95. The second-order valence-electron chi connectivity index (χ2n) is 5.37. The lowest BCUT2D eigenvalue weighted by Gasteiger charge is -2.08. The SMILES string of the molecule is COc1ccc(-c2cc(C(=O)N[C@H](C)c3n[nH]c(C)n3)[nH]n2)cc1. The lowest BCUT2D eigenvalue weighted by atomic mass is 10.1. The molecule has 8 heteroatoms. The molecule has 0 fully saturated rings. The highest BCUT2D eigenvalue weighted by Crippen LogP contribution is 2.21.